The molecule has 1 fully saturated rings. The topological polar surface area (TPSA) is 86.0 Å². The standard InChI is InChI=1S/C19H21N5OS/c20-18-16(22-10-13-1-5-21-6-2-13)9-15(11-23-18)17-12-24-19(26-17)14-3-7-25-8-4-14/h1-2,5-6,9,11-12,14,22H,3-4,7-8,10H2,(H2,20,23). The molecule has 0 radical (unpaired) electrons. The number of aromatic nitrogens is 3. The molecular weight excluding hydrogens is 346 g/mol. The monoisotopic (exact) mass is 367 g/mol. The van der Waals surface area contributed by atoms with E-state index in [1.807, 2.05) is 30.6 Å². The summed E-state index contributed by atoms with van der Waals surface area (Å²) in [7, 11) is 0. The van der Waals surface area contributed by atoms with Crippen LogP contribution < -0.4 is 11.1 Å². The van der Waals surface area contributed by atoms with Crippen LogP contribution in [0.5, 0.6) is 0 Å². The van der Waals surface area contributed by atoms with Gasteiger partial charge in [0.15, 0.2) is 0 Å². The number of nitrogens with two attached hydrogens (primary N) is 1. The third-order valence-electron chi connectivity index (χ3n) is 4.53. The molecule has 1 aliphatic rings. The van der Waals surface area contributed by atoms with Crippen LogP contribution in [0.3, 0.4) is 0 Å². The highest BCUT2D eigenvalue weighted by Crippen LogP contribution is 2.35. The molecule has 3 N–H and O–H groups in total. The fraction of sp³-hybridized carbons (Fsp3) is 0.316. The van der Waals surface area contributed by atoms with E-state index in [1.165, 1.54) is 5.01 Å². The molecule has 1 saturated heterocycles. The minimum atomic E-state index is 0.497. The Labute approximate surface area is 156 Å². The molecule has 26 heavy (non-hydrogen) atoms. The Morgan fingerprint density at radius 1 is 1.15 bits per heavy atom. The first-order chi connectivity index (χ1) is 12.8. The van der Waals surface area contributed by atoms with E-state index < -0.39 is 0 Å². The number of pyridine rings is 2. The van der Waals surface area contributed by atoms with E-state index in [1.54, 1.807) is 23.7 Å². The zero-order valence-corrected chi connectivity index (χ0v) is 15.2. The maximum Gasteiger partial charge on any atom is 0.146 e. The number of rotatable bonds is 5. The fourth-order valence-electron chi connectivity index (χ4n) is 3.00. The number of nitrogens with one attached hydrogen (secondary N) is 1. The van der Waals surface area contributed by atoms with Crippen molar-refractivity contribution in [3.8, 4) is 10.4 Å². The molecule has 3 aromatic heterocycles. The van der Waals surface area contributed by atoms with E-state index in [0.29, 0.717) is 18.3 Å². The van der Waals surface area contributed by atoms with Crippen LogP contribution in [0.25, 0.3) is 10.4 Å². The lowest BCUT2D eigenvalue weighted by Gasteiger charge is -2.19. The quantitative estimate of drug-likeness (QED) is 0.715. The summed E-state index contributed by atoms with van der Waals surface area (Å²) in [6, 6.07) is 6.00. The Morgan fingerprint density at radius 2 is 1.96 bits per heavy atom. The number of thiazole rings is 1. The molecular formula is C19H21N5OS. The summed E-state index contributed by atoms with van der Waals surface area (Å²) >= 11 is 1.74. The number of ether oxygens (including phenoxy) is 1. The Morgan fingerprint density at radius 3 is 2.77 bits per heavy atom. The molecule has 134 valence electrons. The smallest absolute Gasteiger partial charge is 0.146 e. The van der Waals surface area contributed by atoms with Gasteiger partial charge in [0.1, 0.15) is 5.82 Å². The van der Waals surface area contributed by atoms with Crippen molar-refractivity contribution in [2.24, 2.45) is 0 Å². The summed E-state index contributed by atoms with van der Waals surface area (Å²) < 4.78 is 5.45. The maximum absolute atomic E-state index is 6.04. The van der Waals surface area contributed by atoms with Crippen LogP contribution in [0, 0.1) is 0 Å². The zero-order chi connectivity index (χ0) is 17.8. The number of nitrogen functional groups attached to an aromatic ring is 1. The molecule has 6 nitrogen and oxygen atoms in total. The summed E-state index contributed by atoms with van der Waals surface area (Å²) in [5, 5.41) is 4.55. The summed E-state index contributed by atoms with van der Waals surface area (Å²) in [6.07, 6.45) is 9.41. The normalized spacial score (nSPS) is 15.1. The zero-order valence-electron chi connectivity index (χ0n) is 14.4. The van der Waals surface area contributed by atoms with Crippen LogP contribution in [-0.2, 0) is 11.3 Å². The Hall–Kier alpha value is -2.51. The van der Waals surface area contributed by atoms with E-state index in [-0.39, 0.29) is 0 Å². The van der Waals surface area contributed by atoms with Crippen molar-refractivity contribution in [3.05, 3.63) is 53.6 Å². The van der Waals surface area contributed by atoms with E-state index in [9.17, 15) is 0 Å². The number of hydrogen-bond acceptors (Lipinski definition) is 7. The van der Waals surface area contributed by atoms with Gasteiger partial charge in [-0.15, -0.1) is 11.3 Å². The van der Waals surface area contributed by atoms with Gasteiger partial charge in [0.2, 0.25) is 0 Å². The molecule has 0 bridgehead atoms. The molecule has 0 amide bonds. The minimum absolute atomic E-state index is 0.497. The highest BCUT2D eigenvalue weighted by molar-refractivity contribution is 7.15. The van der Waals surface area contributed by atoms with Gasteiger partial charge in [-0.2, -0.15) is 0 Å². The lowest BCUT2D eigenvalue weighted by molar-refractivity contribution is 0.0853. The van der Waals surface area contributed by atoms with Crippen LogP contribution >= 0.6 is 11.3 Å². The van der Waals surface area contributed by atoms with Gasteiger partial charge in [0.25, 0.3) is 0 Å². The van der Waals surface area contributed by atoms with Crippen LogP contribution in [-0.4, -0.2) is 28.2 Å². The van der Waals surface area contributed by atoms with Gasteiger partial charge < -0.3 is 15.8 Å². The molecule has 4 heterocycles. The first kappa shape index (κ1) is 16.9. The van der Waals surface area contributed by atoms with Gasteiger partial charge in [-0.25, -0.2) is 9.97 Å². The Bertz CT molecular complexity index is 861. The van der Waals surface area contributed by atoms with E-state index in [4.69, 9.17) is 10.5 Å². The van der Waals surface area contributed by atoms with Crippen LogP contribution in [0.4, 0.5) is 11.5 Å². The lowest BCUT2D eigenvalue weighted by atomic mass is 10.0. The van der Waals surface area contributed by atoms with Gasteiger partial charge in [-0.3, -0.25) is 4.98 Å². The summed E-state index contributed by atoms with van der Waals surface area (Å²) in [5.74, 6) is 1.01. The molecule has 0 atom stereocenters. The average Bonchev–Trinajstić information content (AvgIpc) is 3.19. The summed E-state index contributed by atoms with van der Waals surface area (Å²) in [4.78, 5) is 14.1. The average molecular weight is 367 g/mol. The van der Waals surface area contributed by atoms with Gasteiger partial charge in [-0.1, -0.05) is 0 Å². The van der Waals surface area contributed by atoms with Crippen LogP contribution in [0.1, 0.15) is 29.3 Å². The second kappa shape index (κ2) is 7.80. The van der Waals surface area contributed by atoms with Gasteiger partial charge in [0.05, 0.1) is 15.6 Å². The second-order valence-electron chi connectivity index (χ2n) is 6.32. The largest absolute Gasteiger partial charge is 0.382 e. The van der Waals surface area contributed by atoms with Gasteiger partial charge in [-0.05, 0) is 36.6 Å². The molecule has 0 unspecified atom stereocenters. The van der Waals surface area contributed by atoms with Crippen molar-refractivity contribution < 1.29 is 4.74 Å². The highest BCUT2D eigenvalue weighted by Gasteiger charge is 2.19. The predicted molar refractivity (Wildman–Crippen MR) is 104 cm³/mol. The third-order valence-corrected chi connectivity index (χ3v) is 5.74. The van der Waals surface area contributed by atoms with Crippen LogP contribution in [0.2, 0.25) is 0 Å². The molecule has 3 aromatic rings. The molecule has 1 aliphatic heterocycles. The van der Waals surface area contributed by atoms with E-state index in [2.05, 4.69) is 20.3 Å². The number of nitrogens with zero attached hydrogens (tertiary/aromatic N) is 3. The lowest BCUT2D eigenvalue weighted by Crippen LogP contribution is -2.13. The van der Waals surface area contributed by atoms with Crippen molar-refractivity contribution in [1.29, 1.82) is 0 Å². The number of anilines is 2. The van der Waals surface area contributed by atoms with E-state index >= 15 is 0 Å². The Kier molecular flexibility index (Phi) is 5.08. The number of hydrogen-bond donors (Lipinski definition) is 2. The summed E-state index contributed by atoms with van der Waals surface area (Å²) in [6.45, 7) is 2.33. The second-order valence-corrected chi connectivity index (χ2v) is 7.38. The van der Waals surface area contributed by atoms with Crippen molar-refractivity contribution in [1.82, 2.24) is 15.0 Å². The molecule has 0 aromatic carbocycles. The minimum Gasteiger partial charge on any atom is -0.382 e. The van der Waals surface area contributed by atoms with Gasteiger partial charge in [0, 0.05) is 56.0 Å². The molecule has 7 heteroatoms. The van der Waals surface area contributed by atoms with Crippen molar-refractivity contribution in [2.75, 3.05) is 24.3 Å². The molecule has 0 spiro atoms. The predicted octanol–water partition coefficient (Wildman–Crippen LogP) is 3.69. The third kappa shape index (κ3) is 3.84. The SMILES string of the molecule is Nc1ncc(-c2cnc(C3CCOCC3)s2)cc1NCc1ccncc1. The first-order valence-corrected chi connectivity index (χ1v) is 9.53. The summed E-state index contributed by atoms with van der Waals surface area (Å²) in [5.41, 5.74) is 9.05. The van der Waals surface area contributed by atoms with Crippen molar-refractivity contribution in [2.45, 2.75) is 25.3 Å². The molecule has 0 aliphatic carbocycles. The fourth-order valence-corrected chi connectivity index (χ4v) is 4.07. The van der Waals surface area contributed by atoms with Crippen molar-refractivity contribution in [3.63, 3.8) is 0 Å². The highest BCUT2D eigenvalue weighted by atomic mass is 32.1. The Balaban J connectivity index is 1.51. The van der Waals surface area contributed by atoms with Gasteiger partial charge >= 0.3 is 0 Å². The van der Waals surface area contributed by atoms with Crippen molar-refractivity contribution >= 4 is 22.8 Å². The maximum atomic E-state index is 6.04. The van der Waals surface area contributed by atoms with Crippen LogP contribution in [0.15, 0.2) is 43.0 Å². The first-order valence-electron chi connectivity index (χ1n) is 8.72. The molecule has 0 saturated carbocycles. The molecule has 4 rings (SSSR count). The van der Waals surface area contributed by atoms with E-state index in [0.717, 1.165) is 47.7 Å².